The third-order valence-corrected chi connectivity index (χ3v) is 5.86. The van der Waals surface area contributed by atoms with Crippen LogP contribution < -0.4 is 4.74 Å². The van der Waals surface area contributed by atoms with E-state index in [1.807, 2.05) is 54.6 Å². The molecule has 164 valence electrons. The molecule has 3 aromatic carbocycles. The average Bonchev–Trinajstić information content (AvgIpc) is 3.20. The predicted octanol–water partition coefficient (Wildman–Crippen LogP) is 6.18. The van der Waals surface area contributed by atoms with Crippen molar-refractivity contribution in [1.29, 1.82) is 0 Å². The molecular formula is C24H20F3N3OS. The maximum Gasteiger partial charge on any atom is 0.416 e. The van der Waals surface area contributed by atoms with Crippen LogP contribution in [0.15, 0.2) is 84.0 Å². The summed E-state index contributed by atoms with van der Waals surface area (Å²) in [5.74, 6) is 1.85. The van der Waals surface area contributed by atoms with E-state index in [4.69, 9.17) is 4.74 Å². The molecule has 1 aromatic heterocycles. The first-order chi connectivity index (χ1) is 15.5. The predicted molar refractivity (Wildman–Crippen MR) is 118 cm³/mol. The zero-order valence-electron chi connectivity index (χ0n) is 17.2. The van der Waals surface area contributed by atoms with Crippen LogP contribution in [0.5, 0.6) is 5.75 Å². The summed E-state index contributed by atoms with van der Waals surface area (Å²) in [5, 5.41) is 9.13. The molecule has 0 amide bonds. The van der Waals surface area contributed by atoms with Crippen molar-refractivity contribution in [2.24, 2.45) is 0 Å². The summed E-state index contributed by atoms with van der Waals surface area (Å²) in [7, 11) is 1.60. The van der Waals surface area contributed by atoms with Crippen molar-refractivity contribution in [2.45, 2.75) is 23.5 Å². The lowest BCUT2D eigenvalue weighted by atomic mass is 10.1. The molecule has 0 radical (unpaired) electrons. The van der Waals surface area contributed by atoms with Crippen LogP contribution in [0, 0.1) is 0 Å². The zero-order chi connectivity index (χ0) is 22.6. The Balaban J connectivity index is 1.72. The Hall–Kier alpha value is -3.26. The van der Waals surface area contributed by atoms with Gasteiger partial charge in [0.2, 0.25) is 0 Å². The van der Waals surface area contributed by atoms with E-state index < -0.39 is 11.7 Å². The molecular weight excluding hydrogens is 435 g/mol. The molecule has 0 spiro atoms. The van der Waals surface area contributed by atoms with E-state index >= 15 is 0 Å². The number of hydrogen-bond acceptors (Lipinski definition) is 4. The van der Waals surface area contributed by atoms with Crippen LogP contribution in [0.25, 0.3) is 5.69 Å². The minimum absolute atomic E-state index is 0.373. The van der Waals surface area contributed by atoms with Crippen LogP contribution in [-0.4, -0.2) is 21.9 Å². The smallest absolute Gasteiger partial charge is 0.416 e. The maximum atomic E-state index is 13.4. The quantitative estimate of drug-likeness (QED) is 0.312. The average molecular weight is 456 g/mol. The fourth-order valence-corrected chi connectivity index (χ4v) is 4.29. The summed E-state index contributed by atoms with van der Waals surface area (Å²) in [6.45, 7) is 0. The molecule has 0 saturated heterocycles. The molecule has 0 unspecified atom stereocenters. The van der Waals surface area contributed by atoms with Crippen molar-refractivity contribution in [3.8, 4) is 11.4 Å². The van der Waals surface area contributed by atoms with Crippen molar-refractivity contribution in [3.63, 3.8) is 0 Å². The molecule has 0 aliphatic rings. The number of halogens is 3. The maximum absolute atomic E-state index is 13.4. The largest absolute Gasteiger partial charge is 0.496 e. The Morgan fingerprint density at radius 3 is 2.41 bits per heavy atom. The summed E-state index contributed by atoms with van der Waals surface area (Å²) in [5.41, 5.74) is 1.62. The normalized spacial score (nSPS) is 11.5. The van der Waals surface area contributed by atoms with Gasteiger partial charge in [0.25, 0.3) is 0 Å². The number of methoxy groups -OCH3 is 1. The molecule has 1 heterocycles. The number of hydrogen-bond donors (Lipinski definition) is 0. The number of alkyl halides is 3. The van der Waals surface area contributed by atoms with Crippen molar-refractivity contribution < 1.29 is 17.9 Å². The van der Waals surface area contributed by atoms with Gasteiger partial charge < -0.3 is 4.74 Å². The Kier molecular flexibility index (Phi) is 6.50. The summed E-state index contributed by atoms with van der Waals surface area (Å²) in [6, 6.07) is 22.5. The van der Waals surface area contributed by atoms with Crippen molar-refractivity contribution in [3.05, 3.63) is 101 Å². The zero-order valence-corrected chi connectivity index (χ0v) is 18.0. The first-order valence-corrected chi connectivity index (χ1v) is 10.8. The molecule has 0 bridgehead atoms. The Bertz CT molecular complexity index is 1190. The van der Waals surface area contributed by atoms with E-state index in [-0.39, 0.29) is 0 Å². The highest BCUT2D eigenvalue weighted by molar-refractivity contribution is 7.98. The van der Waals surface area contributed by atoms with Gasteiger partial charge in [-0.15, -0.1) is 10.2 Å². The standard InChI is InChI=1S/C24H20F3N3OS/c1-31-21-13-6-5-10-18(21)16-32-23-29-28-22(14-17-8-3-2-4-9-17)30(23)20-12-7-11-19(15-20)24(25,26)27/h2-13,15H,14,16H2,1H3. The minimum atomic E-state index is -4.44. The molecule has 0 saturated carbocycles. The van der Waals surface area contributed by atoms with Crippen LogP contribution in [0.3, 0.4) is 0 Å². The lowest BCUT2D eigenvalue weighted by Crippen LogP contribution is -2.08. The summed E-state index contributed by atoms with van der Waals surface area (Å²) in [4.78, 5) is 0. The van der Waals surface area contributed by atoms with Gasteiger partial charge in [0.1, 0.15) is 11.6 Å². The number of benzene rings is 3. The molecule has 0 N–H and O–H groups in total. The number of thioether (sulfide) groups is 1. The van der Waals surface area contributed by atoms with Crippen LogP contribution in [0.1, 0.15) is 22.5 Å². The summed E-state index contributed by atoms with van der Waals surface area (Å²) in [6.07, 6.45) is -3.99. The molecule has 32 heavy (non-hydrogen) atoms. The van der Waals surface area contributed by atoms with E-state index in [1.165, 1.54) is 17.8 Å². The van der Waals surface area contributed by atoms with E-state index in [1.54, 1.807) is 17.7 Å². The number of rotatable bonds is 7. The van der Waals surface area contributed by atoms with E-state index in [0.29, 0.717) is 28.8 Å². The lowest BCUT2D eigenvalue weighted by Gasteiger charge is -2.14. The minimum Gasteiger partial charge on any atom is -0.496 e. The van der Waals surface area contributed by atoms with E-state index in [0.717, 1.165) is 29.0 Å². The molecule has 4 aromatic rings. The van der Waals surface area contributed by atoms with Gasteiger partial charge in [-0.3, -0.25) is 4.57 Å². The second-order valence-corrected chi connectivity index (χ2v) is 7.99. The molecule has 0 fully saturated rings. The topological polar surface area (TPSA) is 39.9 Å². The third-order valence-electron chi connectivity index (χ3n) is 4.89. The Morgan fingerprint density at radius 2 is 1.66 bits per heavy atom. The van der Waals surface area contributed by atoms with Crippen molar-refractivity contribution >= 4 is 11.8 Å². The van der Waals surface area contributed by atoms with Crippen LogP contribution in [0.4, 0.5) is 13.2 Å². The molecule has 4 nitrogen and oxygen atoms in total. The highest BCUT2D eigenvalue weighted by atomic mass is 32.2. The van der Waals surface area contributed by atoms with Gasteiger partial charge in [-0.2, -0.15) is 13.2 Å². The Morgan fingerprint density at radius 1 is 0.906 bits per heavy atom. The lowest BCUT2D eigenvalue weighted by molar-refractivity contribution is -0.137. The Labute approximate surface area is 188 Å². The van der Waals surface area contributed by atoms with E-state index in [9.17, 15) is 13.2 Å². The fourth-order valence-electron chi connectivity index (χ4n) is 3.33. The van der Waals surface area contributed by atoms with Crippen LogP contribution in [0.2, 0.25) is 0 Å². The summed E-state index contributed by atoms with van der Waals surface area (Å²) < 4.78 is 47.2. The van der Waals surface area contributed by atoms with Gasteiger partial charge >= 0.3 is 6.18 Å². The van der Waals surface area contributed by atoms with Crippen molar-refractivity contribution in [1.82, 2.24) is 14.8 Å². The summed E-state index contributed by atoms with van der Waals surface area (Å²) >= 11 is 1.40. The number of aromatic nitrogens is 3. The van der Waals surface area contributed by atoms with Crippen LogP contribution >= 0.6 is 11.8 Å². The molecule has 0 aliphatic heterocycles. The molecule has 0 atom stereocenters. The monoisotopic (exact) mass is 455 g/mol. The molecule has 4 rings (SSSR count). The van der Waals surface area contributed by atoms with Gasteiger partial charge in [0.15, 0.2) is 5.16 Å². The van der Waals surface area contributed by atoms with E-state index in [2.05, 4.69) is 10.2 Å². The van der Waals surface area contributed by atoms with Gasteiger partial charge in [-0.05, 0) is 29.8 Å². The number of ether oxygens (including phenoxy) is 1. The molecule has 0 aliphatic carbocycles. The fraction of sp³-hybridized carbons (Fsp3) is 0.167. The number of para-hydroxylation sites is 1. The molecule has 8 heteroatoms. The van der Waals surface area contributed by atoms with Crippen LogP contribution in [-0.2, 0) is 18.3 Å². The first-order valence-electron chi connectivity index (χ1n) is 9.86. The van der Waals surface area contributed by atoms with Gasteiger partial charge in [0.05, 0.1) is 18.4 Å². The van der Waals surface area contributed by atoms with Crippen molar-refractivity contribution in [2.75, 3.05) is 7.11 Å². The second-order valence-electron chi connectivity index (χ2n) is 7.05. The van der Waals surface area contributed by atoms with Gasteiger partial charge in [-0.1, -0.05) is 66.4 Å². The highest BCUT2D eigenvalue weighted by Crippen LogP contribution is 2.33. The second kappa shape index (κ2) is 9.48. The highest BCUT2D eigenvalue weighted by Gasteiger charge is 2.31. The van der Waals surface area contributed by atoms with Gasteiger partial charge in [0, 0.05) is 17.7 Å². The van der Waals surface area contributed by atoms with Gasteiger partial charge in [-0.25, -0.2) is 0 Å². The third kappa shape index (κ3) is 4.96. The first kappa shape index (κ1) is 22.0. The number of nitrogens with zero attached hydrogens (tertiary/aromatic N) is 3. The SMILES string of the molecule is COc1ccccc1CSc1nnc(Cc2ccccc2)n1-c1cccc(C(F)(F)F)c1.